The lowest BCUT2D eigenvalue weighted by Crippen LogP contribution is -2.47. The number of likely N-dealkylation sites (tertiary alicyclic amines) is 1. The van der Waals surface area contributed by atoms with E-state index >= 15 is 0 Å². The first-order valence-electron chi connectivity index (χ1n) is 9.73. The number of ether oxygens (including phenoxy) is 1. The fraction of sp³-hybridized carbons (Fsp3) is 0.650. The lowest BCUT2D eigenvalue weighted by molar-refractivity contribution is 0.210. The van der Waals surface area contributed by atoms with Gasteiger partial charge >= 0.3 is 0 Å². The van der Waals surface area contributed by atoms with Crippen molar-refractivity contribution >= 4 is 35.6 Å². The average molecular weight is 487 g/mol. The van der Waals surface area contributed by atoms with Crippen molar-refractivity contribution < 1.29 is 4.74 Å². The zero-order valence-electron chi connectivity index (χ0n) is 16.8. The molecule has 2 fully saturated rings. The molecule has 0 radical (unpaired) electrons. The third-order valence-electron chi connectivity index (χ3n) is 5.46. The van der Waals surface area contributed by atoms with Gasteiger partial charge in [-0.3, -0.25) is 4.99 Å². The van der Waals surface area contributed by atoms with Gasteiger partial charge < -0.3 is 25.2 Å². The van der Waals surface area contributed by atoms with E-state index in [1.165, 1.54) is 31.6 Å². The number of anilines is 1. The summed E-state index contributed by atoms with van der Waals surface area (Å²) in [7, 11) is 5.80. The van der Waals surface area contributed by atoms with E-state index in [0.717, 1.165) is 37.8 Å². The number of piperidine rings is 1. The average Bonchev–Trinajstić information content (AvgIpc) is 3.13. The molecule has 2 aliphatic rings. The van der Waals surface area contributed by atoms with E-state index in [1.54, 1.807) is 7.11 Å². The number of nitrogens with zero attached hydrogens (tertiary/aromatic N) is 3. The van der Waals surface area contributed by atoms with Crippen molar-refractivity contribution in [1.82, 2.24) is 15.5 Å². The van der Waals surface area contributed by atoms with Gasteiger partial charge in [-0.25, -0.2) is 0 Å². The summed E-state index contributed by atoms with van der Waals surface area (Å²) in [5.74, 6) is 2.57. The van der Waals surface area contributed by atoms with Crippen LogP contribution < -0.4 is 20.3 Å². The second-order valence-corrected chi connectivity index (χ2v) is 7.47. The smallest absolute Gasteiger partial charge is 0.191 e. The molecule has 2 N–H and O–H groups in total. The summed E-state index contributed by atoms with van der Waals surface area (Å²) < 4.78 is 5.51. The van der Waals surface area contributed by atoms with Crippen LogP contribution in [0, 0.1) is 5.92 Å². The summed E-state index contributed by atoms with van der Waals surface area (Å²) in [5, 5.41) is 7.13. The van der Waals surface area contributed by atoms with Gasteiger partial charge in [0, 0.05) is 39.3 Å². The number of nitrogens with one attached hydrogen (secondary N) is 2. The van der Waals surface area contributed by atoms with Crippen molar-refractivity contribution in [2.75, 3.05) is 58.8 Å². The number of guanidine groups is 1. The Kier molecular flexibility index (Phi) is 8.95. The van der Waals surface area contributed by atoms with Crippen LogP contribution in [0.2, 0.25) is 0 Å². The molecule has 2 saturated heterocycles. The first-order chi connectivity index (χ1) is 12.7. The second kappa shape index (κ2) is 10.9. The van der Waals surface area contributed by atoms with Crippen molar-refractivity contribution in [1.29, 1.82) is 0 Å². The molecule has 7 heteroatoms. The number of benzene rings is 1. The van der Waals surface area contributed by atoms with Gasteiger partial charge in [0.25, 0.3) is 0 Å². The minimum atomic E-state index is 0. The van der Waals surface area contributed by atoms with E-state index in [9.17, 15) is 0 Å². The lowest BCUT2D eigenvalue weighted by atomic mass is 9.99. The van der Waals surface area contributed by atoms with Gasteiger partial charge in [0.1, 0.15) is 5.75 Å². The molecular weight excluding hydrogens is 453 g/mol. The molecule has 6 nitrogen and oxygen atoms in total. The molecule has 2 aliphatic heterocycles. The van der Waals surface area contributed by atoms with Gasteiger partial charge in [-0.15, -0.1) is 24.0 Å². The Hall–Kier alpha value is -1.22. The summed E-state index contributed by atoms with van der Waals surface area (Å²) in [5.41, 5.74) is 1.17. The number of hydrogen-bond acceptors (Lipinski definition) is 4. The van der Waals surface area contributed by atoms with Crippen LogP contribution in [-0.4, -0.2) is 70.8 Å². The highest BCUT2D eigenvalue weighted by Gasteiger charge is 2.25. The first kappa shape index (κ1) is 22.1. The molecule has 0 aliphatic carbocycles. The molecule has 2 heterocycles. The Morgan fingerprint density at radius 1 is 1.22 bits per heavy atom. The van der Waals surface area contributed by atoms with Gasteiger partial charge in [0.2, 0.25) is 0 Å². The van der Waals surface area contributed by atoms with E-state index in [1.807, 2.05) is 19.2 Å². The third kappa shape index (κ3) is 6.14. The lowest BCUT2D eigenvalue weighted by Gasteiger charge is -2.30. The first-order valence-corrected chi connectivity index (χ1v) is 9.73. The normalized spacial score (nSPS) is 23.7. The maximum atomic E-state index is 5.51. The van der Waals surface area contributed by atoms with Crippen molar-refractivity contribution in [2.24, 2.45) is 10.9 Å². The second-order valence-electron chi connectivity index (χ2n) is 7.47. The van der Waals surface area contributed by atoms with Crippen LogP contribution in [0.15, 0.2) is 29.3 Å². The van der Waals surface area contributed by atoms with Gasteiger partial charge in [-0.05, 0) is 50.9 Å². The van der Waals surface area contributed by atoms with Crippen molar-refractivity contribution in [3.8, 4) is 5.75 Å². The minimum Gasteiger partial charge on any atom is -0.495 e. The van der Waals surface area contributed by atoms with Crippen LogP contribution in [0.1, 0.15) is 19.3 Å². The molecular formula is C20H34IN5O. The SMILES string of the molecule is CN=C(NCC1CCCN(C)C1)NC1CCN(c2ccccc2OC)C1.I. The molecule has 0 aromatic heterocycles. The molecule has 0 bridgehead atoms. The number of halogens is 1. The molecule has 3 rings (SSSR count). The number of para-hydroxylation sites is 2. The number of aliphatic imine (C=N–C) groups is 1. The monoisotopic (exact) mass is 487 g/mol. The number of methoxy groups -OCH3 is 1. The van der Waals surface area contributed by atoms with Crippen LogP contribution >= 0.6 is 24.0 Å². The van der Waals surface area contributed by atoms with Crippen LogP contribution in [0.3, 0.4) is 0 Å². The molecule has 2 atom stereocenters. The van der Waals surface area contributed by atoms with Crippen molar-refractivity contribution in [3.63, 3.8) is 0 Å². The summed E-state index contributed by atoms with van der Waals surface area (Å²) in [6.07, 6.45) is 3.70. The largest absolute Gasteiger partial charge is 0.495 e. The Labute approximate surface area is 180 Å². The topological polar surface area (TPSA) is 52.1 Å². The van der Waals surface area contributed by atoms with Gasteiger partial charge in [0.05, 0.1) is 12.8 Å². The van der Waals surface area contributed by atoms with Crippen molar-refractivity contribution in [2.45, 2.75) is 25.3 Å². The molecule has 1 aromatic rings. The zero-order chi connectivity index (χ0) is 18.4. The molecule has 0 saturated carbocycles. The van der Waals surface area contributed by atoms with E-state index in [4.69, 9.17) is 4.74 Å². The van der Waals surface area contributed by atoms with E-state index in [0.29, 0.717) is 12.0 Å². The van der Waals surface area contributed by atoms with Crippen LogP contribution in [0.25, 0.3) is 0 Å². The zero-order valence-corrected chi connectivity index (χ0v) is 19.1. The summed E-state index contributed by atoms with van der Waals surface area (Å²) in [6, 6.07) is 8.65. The quantitative estimate of drug-likeness (QED) is 0.380. The van der Waals surface area contributed by atoms with Crippen molar-refractivity contribution in [3.05, 3.63) is 24.3 Å². The standard InChI is InChI=1S/C20H33N5O.HI/c1-21-20(22-13-16-7-6-11-24(2)14-16)23-17-10-12-25(15-17)18-8-4-5-9-19(18)26-3;/h4-5,8-9,16-17H,6-7,10-15H2,1-3H3,(H2,21,22,23);1H. The van der Waals surface area contributed by atoms with E-state index in [2.05, 4.69) is 44.6 Å². The summed E-state index contributed by atoms with van der Waals surface area (Å²) in [4.78, 5) is 9.24. The third-order valence-corrected chi connectivity index (χ3v) is 5.46. The van der Waals surface area contributed by atoms with E-state index in [-0.39, 0.29) is 24.0 Å². The Morgan fingerprint density at radius 2 is 2.04 bits per heavy atom. The molecule has 27 heavy (non-hydrogen) atoms. The molecule has 1 aromatic carbocycles. The maximum Gasteiger partial charge on any atom is 0.191 e. The number of rotatable bonds is 5. The Bertz CT molecular complexity index is 612. The highest BCUT2D eigenvalue weighted by Crippen LogP contribution is 2.30. The summed E-state index contributed by atoms with van der Waals surface area (Å²) in [6.45, 7) is 5.39. The number of hydrogen-bond donors (Lipinski definition) is 2. The molecule has 0 amide bonds. The Balaban J connectivity index is 0.00000261. The fourth-order valence-corrected chi connectivity index (χ4v) is 4.06. The van der Waals surface area contributed by atoms with Crippen LogP contribution in [0.5, 0.6) is 5.75 Å². The minimum absolute atomic E-state index is 0. The predicted molar refractivity (Wildman–Crippen MR) is 124 cm³/mol. The molecule has 152 valence electrons. The predicted octanol–water partition coefficient (Wildman–Crippen LogP) is 2.40. The van der Waals surface area contributed by atoms with Crippen LogP contribution in [-0.2, 0) is 0 Å². The highest BCUT2D eigenvalue weighted by molar-refractivity contribution is 14.0. The fourth-order valence-electron chi connectivity index (χ4n) is 4.06. The van der Waals surface area contributed by atoms with E-state index < -0.39 is 0 Å². The Morgan fingerprint density at radius 3 is 2.78 bits per heavy atom. The summed E-state index contributed by atoms with van der Waals surface area (Å²) >= 11 is 0. The molecule has 0 spiro atoms. The van der Waals surface area contributed by atoms with Gasteiger partial charge in [-0.2, -0.15) is 0 Å². The van der Waals surface area contributed by atoms with Crippen LogP contribution in [0.4, 0.5) is 5.69 Å². The molecule has 2 unspecified atom stereocenters. The maximum absolute atomic E-state index is 5.51. The van der Waals surface area contributed by atoms with Gasteiger partial charge in [-0.1, -0.05) is 12.1 Å². The highest BCUT2D eigenvalue weighted by atomic mass is 127. The van der Waals surface area contributed by atoms with Gasteiger partial charge in [0.15, 0.2) is 5.96 Å².